The molecule has 0 heterocycles. The van der Waals surface area contributed by atoms with E-state index < -0.39 is 23.3 Å². The van der Waals surface area contributed by atoms with Crippen LogP contribution in [0.5, 0.6) is 0 Å². The molecule has 9 heteroatoms. The summed E-state index contributed by atoms with van der Waals surface area (Å²) in [5.74, 6) is -1.67. The Kier molecular flexibility index (Phi) is 6.90. The number of nitrogens with two attached hydrogens (primary N) is 1. The molecule has 0 fully saturated rings. The summed E-state index contributed by atoms with van der Waals surface area (Å²) in [6, 6.07) is 14.6. The number of carbonyl (C=O) groups is 2. The lowest BCUT2D eigenvalue weighted by Crippen LogP contribution is -2.17. The van der Waals surface area contributed by atoms with Crippen LogP contribution in [-0.2, 0) is 9.53 Å². The summed E-state index contributed by atoms with van der Waals surface area (Å²) in [6.45, 7) is 0.690. The smallest absolute Gasteiger partial charge is 0.338 e. The van der Waals surface area contributed by atoms with E-state index in [0.717, 1.165) is 11.0 Å². The number of nitriles is 1. The topological polar surface area (TPSA) is 136 Å². The summed E-state index contributed by atoms with van der Waals surface area (Å²) in [4.78, 5) is 35.9. The number of ketones is 1. The fraction of sp³-hybridized carbons (Fsp3) is 0.105. The number of esters is 1. The molecule has 0 saturated heterocycles. The molecule has 2 aromatic carbocycles. The second-order valence-corrected chi connectivity index (χ2v) is 6.64. The Bertz CT molecular complexity index is 992. The van der Waals surface area contributed by atoms with Gasteiger partial charge in [0, 0.05) is 16.7 Å². The summed E-state index contributed by atoms with van der Waals surface area (Å²) in [5.41, 5.74) is 4.80. The standard InChI is InChI=1S/C19H15N3O5S/c1-12(21)15(10-20)17(23)11-27-19(24)13-7-8-18(16(9-13)22(25)26)28-14-5-3-2-4-6-14/h2-9H,11,21H2,1H3. The van der Waals surface area contributed by atoms with Crippen molar-refractivity contribution in [1.82, 2.24) is 0 Å². The number of Topliss-reactive ketones (excluding diaryl/α,β-unsaturated/α-hetero) is 1. The molecule has 2 aromatic rings. The minimum absolute atomic E-state index is 0.0153. The third-order valence-electron chi connectivity index (χ3n) is 3.48. The Morgan fingerprint density at radius 3 is 2.50 bits per heavy atom. The Balaban J connectivity index is 2.18. The molecule has 0 radical (unpaired) electrons. The molecule has 0 saturated carbocycles. The minimum Gasteiger partial charge on any atom is -0.454 e. The largest absolute Gasteiger partial charge is 0.454 e. The molecule has 2 N–H and O–H groups in total. The quantitative estimate of drug-likeness (QED) is 0.247. The molecule has 142 valence electrons. The van der Waals surface area contributed by atoms with Crippen LogP contribution in [-0.4, -0.2) is 23.3 Å². The molecular formula is C19H15N3O5S. The Morgan fingerprint density at radius 1 is 1.25 bits per heavy atom. The third-order valence-corrected chi connectivity index (χ3v) is 4.55. The maximum Gasteiger partial charge on any atom is 0.338 e. The van der Waals surface area contributed by atoms with Gasteiger partial charge >= 0.3 is 5.97 Å². The average Bonchev–Trinajstić information content (AvgIpc) is 2.67. The van der Waals surface area contributed by atoms with Crippen molar-refractivity contribution < 1.29 is 19.2 Å². The lowest BCUT2D eigenvalue weighted by Gasteiger charge is -2.07. The van der Waals surface area contributed by atoms with Gasteiger partial charge in [-0.3, -0.25) is 14.9 Å². The Morgan fingerprint density at radius 2 is 1.93 bits per heavy atom. The number of nitro benzene ring substituents is 1. The van der Waals surface area contributed by atoms with Gasteiger partial charge in [0.05, 0.1) is 15.4 Å². The van der Waals surface area contributed by atoms with Gasteiger partial charge in [-0.1, -0.05) is 30.0 Å². The van der Waals surface area contributed by atoms with Gasteiger partial charge in [0.1, 0.15) is 11.6 Å². The van der Waals surface area contributed by atoms with Gasteiger partial charge in [0.15, 0.2) is 6.61 Å². The van der Waals surface area contributed by atoms with Gasteiger partial charge < -0.3 is 10.5 Å². The van der Waals surface area contributed by atoms with Gasteiger partial charge in [0.25, 0.3) is 5.69 Å². The maximum absolute atomic E-state index is 12.1. The number of nitro groups is 1. The molecule has 0 aromatic heterocycles. The van der Waals surface area contributed by atoms with E-state index in [1.807, 2.05) is 30.3 Å². The number of rotatable bonds is 7. The molecule has 0 atom stereocenters. The van der Waals surface area contributed by atoms with E-state index >= 15 is 0 Å². The third kappa shape index (κ3) is 5.18. The fourth-order valence-electron chi connectivity index (χ4n) is 2.15. The van der Waals surface area contributed by atoms with Crippen molar-refractivity contribution in [3.05, 3.63) is 75.5 Å². The van der Waals surface area contributed by atoms with Gasteiger partial charge in [-0.2, -0.15) is 5.26 Å². The zero-order valence-electron chi connectivity index (χ0n) is 14.7. The van der Waals surface area contributed by atoms with E-state index in [4.69, 9.17) is 15.7 Å². The molecule has 0 amide bonds. The van der Waals surface area contributed by atoms with Crippen molar-refractivity contribution in [2.24, 2.45) is 5.73 Å². The van der Waals surface area contributed by atoms with E-state index in [-0.39, 0.29) is 22.5 Å². The lowest BCUT2D eigenvalue weighted by molar-refractivity contribution is -0.387. The Labute approximate surface area is 164 Å². The number of nitrogens with zero attached hydrogens (tertiary/aromatic N) is 2. The molecule has 0 unspecified atom stereocenters. The predicted molar refractivity (Wildman–Crippen MR) is 101 cm³/mol. The number of hydrogen-bond donors (Lipinski definition) is 1. The molecule has 0 spiro atoms. The molecule has 0 aliphatic heterocycles. The minimum atomic E-state index is -0.917. The zero-order chi connectivity index (χ0) is 20.7. The SMILES string of the molecule is CC(N)=C(C#N)C(=O)COC(=O)c1ccc(Sc2ccccc2)c([N+](=O)[O-])c1. The van der Waals surface area contributed by atoms with Crippen LogP contribution in [0.4, 0.5) is 5.69 Å². The van der Waals surface area contributed by atoms with Crippen molar-refractivity contribution in [3.63, 3.8) is 0 Å². The van der Waals surface area contributed by atoms with Crippen LogP contribution in [0.25, 0.3) is 0 Å². The molecule has 0 aliphatic carbocycles. The highest BCUT2D eigenvalue weighted by Crippen LogP contribution is 2.35. The Hall–Kier alpha value is -3.64. The second-order valence-electron chi connectivity index (χ2n) is 5.52. The normalized spacial score (nSPS) is 11.1. The monoisotopic (exact) mass is 397 g/mol. The van der Waals surface area contributed by atoms with Crippen LogP contribution in [0.1, 0.15) is 17.3 Å². The summed E-state index contributed by atoms with van der Waals surface area (Å²) in [5, 5.41) is 20.3. The van der Waals surface area contributed by atoms with Crippen LogP contribution in [0.15, 0.2) is 69.6 Å². The van der Waals surface area contributed by atoms with Gasteiger partial charge in [-0.15, -0.1) is 0 Å². The number of benzene rings is 2. The molecule has 0 bridgehead atoms. The van der Waals surface area contributed by atoms with Gasteiger partial charge in [0.2, 0.25) is 5.78 Å². The molecule has 2 rings (SSSR count). The fourth-order valence-corrected chi connectivity index (χ4v) is 3.07. The van der Waals surface area contributed by atoms with Crippen LogP contribution >= 0.6 is 11.8 Å². The zero-order valence-corrected chi connectivity index (χ0v) is 15.6. The van der Waals surface area contributed by atoms with E-state index in [1.165, 1.54) is 30.8 Å². The highest BCUT2D eigenvalue weighted by molar-refractivity contribution is 7.99. The van der Waals surface area contributed by atoms with Crippen LogP contribution in [0, 0.1) is 21.4 Å². The second kappa shape index (κ2) is 9.34. The van der Waals surface area contributed by atoms with E-state index in [0.29, 0.717) is 4.90 Å². The highest BCUT2D eigenvalue weighted by Gasteiger charge is 2.20. The van der Waals surface area contributed by atoms with Crippen molar-refractivity contribution in [3.8, 4) is 6.07 Å². The van der Waals surface area contributed by atoms with Crippen molar-refractivity contribution in [2.45, 2.75) is 16.7 Å². The number of ether oxygens (including phenoxy) is 1. The van der Waals surface area contributed by atoms with Crippen molar-refractivity contribution >= 4 is 29.2 Å². The van der Waals surface area contributed by atoms with Crippen molar-refractivity contribution in [2.75, 3.05) is 6.61 Å². The number of carbonyl (C=O) groups excluding carboxylic acids is 2. The highest BCUT2D eigenvalue weighted by atomic mass is 32.2. The predicted octanol–water partition coefficient (Wildman–Crippen LogP) is 3.23. The van der Waals surface area contributed by atoms with Gasteiger partial charge in [-0.05, 0) is 31.2 Å². The van der Waals surface area contributed by atoms with Crippen molar-refractivity contribution in [1.29, 1.82) is 5.26 Å². The summed E-state index contributed by atoms with van der Waals surface area (Å²) < 4.78 is 4.86. The number of hydrogen-bond acceptors (Lipinski definition) is 8. The van der Waals surface area contributed by atoms with E-state index in [2.05, 4.69) is 0 Å². The first-order chi connectivity index (χ1) is 13.3. The van der Waals surface area contributed by atoms with Crippen LogP contribution in [0.3, 0.4) is 0 Å². The van der Waals surface area contributed by atoms with Crippen LogP contribution < -0.4 is 5.73 Å². The molecule has 8 nitrogen and oxygen atoms in total. The summed E-state index contributed by atoms with van der Waals surface area (Å²) >= 11 is 1.19. The maximum atomic E-state index is 12.1. The molecular weight excluding hydrogens is 382 g/mol. The molecule has 28 heavy (non-hydrogen) atoms. The lowest BCUT2D eigenvalue weighted by atomic mass is 10.1. The average molecular weight is 397 g/mol. The first-order valence-electron chi connectivity index (χ1n) is 7.91. The van der Waals surface area contributed by atoms with E-state index in [1.54, 1.807) is 6.07 Å². The summed E-state index contributed by atoms with van der Waals surface area (Å²) in [7, 11) is 0. The first kappa shape index (κ1) is 20.7. The molecule has 0 aliphatic rings. The number of allylic oxidation sites excluding steroid dienone is 1. The van der Waals surface area contributed by atoms with E-state index in [9.17, 15) is 19.7 Å². The van der Waals surface area contributed by atoms with Gasteiger partial charge in [-0.25, -0.2) is 4.79 Å². The summed E-state index contributed by atoms with van der Waals surface area (Å²) in [6.07, 6.45) is 0. The van der Waals surface area contributed by atoms with Crippen LogP contribution in [0.2, 0.25) is 0 Å². The first-order valence-corrected chi connectivity index (χ1v) is 8.73.